The molecule has 0 aliphatic rings. The van der Waals surface area contributed by atoms with Crippen LogP contribution in [0.5, 0.6) is 0 Å². The van der Waals surface area contributed by atoms with Crippen LogP contribution in [0.25, 0.3) is 0 Å². The third-order valence-electron chi connectivity index (χ3n) is 2.86. The maximum Gasteiger partial charge on any atom is 0.00708 e. The van der Waals surface area contributed by atoms with E-state index in [9.17, 15) is 0 Å². The lowest BCUT2D eigenvalue weighted by atomic mass is 10.0. The van der Waals surface area contributed by atoms with Crippen molar-refractivity contribution in [1.29, 1.82) is 0 Å². The second kappa shape index (κ2) is 10.8. The van der Waals surface area contributed by atoms with Crippen LogP contribution < -0.4 is 5.73 Å². The molecule has 0 heterocycles. The molecule has 0 fully saturated rings. The first-order valence-corrected chi connectivity index (χ1v) is 6.76. The van der Waals surface area contributed by atoms with Crippen molar-refractivity contribution in [2.75, 3.05) is 0 Å². The number of hydrogen-bond acceptors (Lipinski definition) is 1. The van der Waals surface area contributed by atoms with E-state index in [0.29, 0.717) is 0 Å². The summed E-state index contributed by atoms with van der Waals surface area (Å²) < 4.78 is 0. The van der Waals surface area contributed by atoms with Gasteiger partial charge in [-0.1, -0.05) is 70.6 Å². The van der Waals surface area contributed by atoms with Gasteiger partial charge < -0.3 is 5.73 Å². The Hall–Kier alpha value is -0.720. The van der Waals surface area contributed by atoms with E-state index in [1.54, 1.807) is 0 Å². The Morgan fingerprint density at radius 1 is 0.875 bits per heavy atom. The molecule has 0 aliphatic heterocycles. The van der Waals surface area contributed by atoms with Gasteiger partial charge in [-0.2, -0.15) is 0 Å². The Labute approximate surface area is 102 Å². The van der Waals surface area contributed by atoms with E-state index < -0.39 is 0 Å². The van der Waals surface area contributed by atoms with Crippen molar-refractivity contribution in [3.8, 4) is 0 Å². The van der Waals surface area contributed by atoms with E-state index in [1.807, 2.05) is 0 Å². The van der Waals surface area contributed by atoms with Crippen molar-refractivity contribution in [3.63, 3.8) is 0 Å². The van der Waals surface area contributed by atoms with Gasteiger partial charge >= 0.3 is 0 Å². The van der Waals surface area contributed by atoms with Gasteiger partial charge in [-0.05, 0) is 12.8 Å². The van der Waals surface area contributed by atoms with Crippen molar-refractivity contribution >= 4 is 0 Å². The summed E-state index contributed by atoms with van der Waals surface area (Å²) in [5, 5.41) is 0. The van der Waals surface area contributed by atoms with Gasteiger partial charge in [-0.25, -0.2) is 0 Å². The van der Waals surface area contributed by atoms with Crippen LogP contribution in [0.4, 0.5) is 0 Å². The number of hydrogen-bond donors (Lipinski definition) is 1. The van der Waals surface area contributed by atoms with E-state index in [-0.39, 0.29) is 0 Å². The molecule has 0 aromatic carbocycles. The molecule has 16 heavy (non-hydrogen) atoms. The maximum atomic E-state index is 5.54. The summed E-state index contributed by atoms with van der Waals surface area (Å²) in [5.41, 5.74) is 7.51. The minimum absolute atomic E-state index is 0.740. The smallest absolute Gasteiger partial charge is 0.00708 e. The van der Waals surface area contributed by atoms with Crippen LogP contribution in [-0.4, -0.2) is 0 Å². The van der Waals surface area contributed by atoms with Gasteiger partial charge in [-0.15, -0.1) is 0 Å². The molecule has 2 N–H and O–H groups in total. The first-order valence-electron chi connectivity index (χ1n) is 6.76. The third-order valence-corrected chi connectivity index (χ3v) is 2.86. The molecule has 0 aliphatic carbocycles. The zero-order chi connectivity index (χ0) is 12.2. The fraction of sp³-hybridized carbons (Fsp3) is 0.733. The summed E-state index contributed by atoms with van der Waals surface area (Å²) in [6.45, 7) is 9.97. The normalized spacial score (nSPS) is 10.3. The molecule has 0 aromatic rings. The maximum absolute atomic E-state index is 5.54. The fourth-order valence-corrected chi connectivity index (χ4v) is 1.92. The highest BCUT2D eigenvalue weighted by molar-refractivity contribution is 5.05. The Morgan fingerprint density at radius 3 is 1.88 bits per heavy atom. The molecule has 1 nitrogen and oxygen atoms in total. The van der Waals surface area contributed by atoms with Crippen LogP contribution in [0.15, 0.2) is 24.4 Å². The SMILES string of the molecule is C=C(N)CC(=C)CCCCCCCCCC. The van der Waals surface area contributed by atoms with Crippen molar-refractivity contribution in [2.45, 2.75) is 71.1 Å². The second-order valence-corrected chi connectivity index (χ2v) is 4.81. The molecule has 0 unspecified atom stereocenters. The first kappa shape index (κ1) is 15.3. The predicted molar refractivity (Wildman–Crippen MR) is 74.3 cm³/mol. The van der Waals surface area contributed by atoms with Crippen LogP contribution >= 0.6 is 0 Å². The molecule has 0 aromatic heterocycles. The van der Waals surface area contributed by atoms with Crippen molar-refractivity contribution in [1.82, 2.24) is 0 Å². The lowest BCUT2D eigenvalue weighted by molar-refractivity contribution is 0.574. The molecule has 1 heteroatoms. The molecule has 0 radical (unpaired) electrons. The van der Waals surface area contributed by atoms with E-state index in [4.69, 9.17) is 5.73 Å². The Bertz CT molecular complexity index is 194. The zero-order valence-corrected chi connectivity index (χ0v) is 11.1. The lowest BCUT2D eigenvalue weighted by Gasteiger charge is -2.05. The van der Waals surface area contributed by atoms with Gasteiger partial charge in [0.15, 0.2) is 0 Å². The van der Waals surface area contributed by atoms with E-state index in [1.165, 1.54) is 56.9 Å². The quantitative estimate of drug-likeness (QED) is 0.390. The molecule has 0 saturated carbocycles. The topological polar surface area (TPSA) is 26.0 Å². The molecule has 0 spiro atoms. The predicted octanol–water partition coefficient (Wildman–Crippen LogP) is 4.94. The molecule has 0 atom stereocenters. The second-order valence-electron chi connectivity index (χ2n) is 4.81. The fourth-order valence-electron chi connectivity index (χ4n) is 1.92. The van der Waals surface area contributed by atoms with Crippen molar-refractivity contribution in [2.24, 2.45) is 5.73 Å². The summed E-state index contributed by atoms with van der Waals surface area (Å²) in [6.07, 6.45) is 12.9. The zero-order valence-electron chi connectivity index (χ0n) is 11.1. The van der Waals surface area contributed by atoms with Gasteiger partial charge in [0.05, 0.1) is 0 Å². The van der Waals surface area contributed by atoms with Gasteiger partial charge in [0.2, 0.25) is 0 Å². The van der Waals surface area contributed by atoms with Gasteiger partial charge in [0, 0.05) is 12.1 Å². The number of allylic oxidation sites excluding steroid dienone is 1. The third kappa shape index (κ3) is 11.4. The average molecular weight is 223 g/mol. The number of nitrogens with two attached hydrogens (primary N) is 1. The van der Waals surface area contributed by atoms with Crippen LogP contribution in [0.1, 0.15) is 71.1 Å². The van der Waals surface area contributed by atoms with E-state index in [0.717, 1.165) is 18.5 Å². The van der Waals surface area contributed by atoms with Gasteiger partial charge in [-0.3, -0.25) is 0 Å². The first-order chi connectivity index (χ1) is 7.66. The molecule has 0 rings (SSSR count). The summed E-state index contributed by atoms with van der Waals surface area (Å²) >= 11 is 0. The highest BCUT2D eigenvalue weighted by Crippen LogP contribution is 2.14. The van der Waals surface area contributed by atoms with Crippen LogP contribution in [0.2, 0.25) is 0 Å². The summed E-state index contributed by atoms with van der Waals surface area (Å²) in [5.74, 6) is 0. The molecule has 94 valence electrons. The number of unbranched alkanes of at least 4 members (excludes halogenated alkanes) is 7. The van der Waals surface area contributed by atoms with Crippen molar-refractivity contribution in [3.05, 3.63) is 24.4 Å². The highest BCUT2D eigenvalue weighted by Gasteiger charge is 1.96. The molecular weight excluding hydrogens is 194 g/mol. The highest BCUT2D eigenvalue weighted by atomic mass is 14.6. The van der Waals surface area contributed by atoms with Crippen molar-refractivity contribution < 1.29 is 0 Å². The van der Waals surface area contributed by atoms with Crippen LogP contribution in [0, 0.1) is 0 Å². The van der Waals surface area contributed by atoms with Crippen LogP contribution in [-0.2, 0) is 0 Å². The van der Waals surface area contributed by atoms with E-state index in [2.05, 4.69) is 20.1 Å². The van der Waals surface area contributed by atoms with Gasteiger partial charge in [0.1, 0.15) is 0 Å². The molecule has 0 amide bonds. The Morgan fingerprint density at radius 2 is 1.38 bits per heavy atom. The van der Waals surface area contributed by atoms with E-state index >= 15 is 0 Å². The summed E-state index contributed by atoms with van der Waals surface area (Å²) in [6, 6.07) is 0. The standard InChI is InChI=1S/C15H29N/c1-4-5-6-7-8-9-10-11-12-14(2)13-15(3)16/h2-13,16H2,1H3. The number of rotatable bonds is 11. The van der Waals surface area contributed by atoms with Crippen LogP contribution in [0.3, 0.4) is 0 Å². The molecule has 0 saturated heterocycles. The van der Waals surface area contributed by atoms with Gasteiger partial charge in [0.25, 0.3) is 0 Å². The summed E-state index contributed by atoms with van der Waals surface area (Å²) in [4.78, 5) is 0. The summed E-state index contributed by atoms with van der Waals surface area (Å²) in [7, 11) is 0. The minimum Gasteiger partial charge on any atom is -0.402 e. The largest absolute Gasteiger partial charge is 0.402 e. The monoisotopic (exact) mass is 223 g/mol. The molecular formula is C15H29N. The lowest BCUT2D eigenvalue weighted by Crippen LogP contribution is -1.96. The molecule has 0 bridgehead atoms. The Balaban J connectivity index is 3.14. The Kier molecular flexibility index (Phi) is 10.3. The average Bonchev–Trinajstić information content (AvgIpc) is 2.21. The minimum atomic E-state index is 0.740.